The largest absolute Gasteiger partial charge is 0.356 e. The smallest absolute Gasteiger partial charge is 0.232 e. The topological polar surface area (TPSA) is 56.3 Å². The van der Waals surface area contributed by atoms with Gasteiger partial charge in [0.15, 0.2) is 5.11 Å². The highest BCUT2D eigenvalue weighted by atomic mass is 32.1. The number of benzene rings is 1. The first-order valence-corrected chi connectivity index (χ1v) is 11.9. The standard InChI is InChI=1S/C24H34N6S/c1-17-13-18(2)16-30(15-17)22-14-21(29-11-7-8-12-29)26-23(27-22)28-24(31)25-19(3)20-9-5-4-6-10-20/h4-6,9-10,14,17-19H,7-8,11-13,15-16H2,1-3H3,(H2,25,26,27,28,31)/t17-,18+,19-/m0/s1. The van der Waals surface area contributed by atoms with Gasteiger partial charge in [0, 0.05) is 32.2 Å². The molecule has 31 heavy (non-hydrogen) atoms. The van der Waals surface area contributed by atoms with Crippen LogP contribution in [0.5, 0.6) is 0 Å². The highest BCUT2D eigenvalue weighted by molar-refractivity contribution is 7.80. The Bertz CT molecular complexity index is 873. The van der Waals surface area contributed by atoms with E-state index >= 15 is 0 Å². The summed E-state index contributed by atoms with van der Waals surface area (Å²) in [7, 11) is 0. The Morgan fingerprint density at radius 3 is 2.26 bits per heavy atom. The van der Waals surface area contributed by atoms with Gasteiger partial charge in [0.25, 0.3) is 0 Å². The van der Waals surface area contributed by atoms with Crippen LogP contribution in [-0.4, -0.2) is 41.3 Å². The lowest BCUT2D eigenvalue weighted by atomic mass is 9.92. The van der Waals surface area contributed by atoms with Gasteiger partial charge in [-0.3, -0.25) is 0 Å². The van der Waals surface area contributed by atoms with Crippen LogP contribution in [0.3, 0.4) is 0 Å². The molecule has 2 saturated heterocycles. The number of nitrogens with one attached hydrogen (secondary N) is 2. The quantitative estimate of drug-likeness (QED) is 0.661. The van der Waals surface area contributed by atoms with Gasteiger partial charge < -0.3 is 20.4 Å². The van der Waals surface area contributed by atoms with Crippen LogP contribution in [0, 0.1) is 11.8 Å². The zero-order chi connectivity index (χ0) is 21.8. The fraction of sp³-hybridized carbons (Fsp3) is 0.542. The van der Waals surface area contributed by atoms with Gasteiger partial charge in [-0.15, -0.1) is 0 Å². The molecule has 6 nitrogen and oxygen atoms in total. The first-order chi connectivity index (χ1) is 15.0. The number of rotatable bonds is 5. The van der Waals surface area contributed by atoms with Crippen molar-refractivity contribution in [1.82, 2.24) is 15.3 Å². The number of anilines is 3. The Morgan fingerprint density at radius 2 is 1.61 bits per heavy atom. The minimum absolute atomic E-state index is 0.103. The summed E-state index contributed by atoms with van der Waals surface area (Å²) < 4.78 is 0. The van der Waals surface area contributed by atoms with Crippen LogP contribution in [0.15, 0.2) is 36.4 Å². The Balaban J connectivity index is 1.53. The molecule has 2 aliphatic rings. The van der Waals surface area contributed by atoms with Gasteiger partial charge in [-0.2, -0.15) is 9.97 Å². The van der Waals surface area contributed by atoms with Crippen molar-refractivity contribution in [2.75, 3.05) is 41.3 Å². The molecule has 0 saturated carbocycles. The molecule has 4 rings (SSSR count). The molecule has 2 fully saturated rings. The average molecular weight is 439 g/mol. The predicted molar refractivity (Wildman–Crippen MR) is 133 cm³/mol. The molecule has 0 aliphatic carbocycles. The van der Waals surface area contributed by atoms with Crippen LogP contribution in [0.2, 0.25) is 0 Å². The summed E-state index contributed by atoms with van der Waals surface area (Å²) >= 11 is 5.60. The van der Waals surface area contributed by atoms with Crippen molar-refractivity contribution in [3.05, 3.63) is 42.0 Å². The van der Waals surface area contributed by atoms with Crippen molar-refractivity contribution < 1.29 is 0 Å². The van der Waals surface area contributed by atoms with Crippen molar-refractivity contribution >= 4 is 34.9 Å². The number of piperidine rings is 1. The van der Waals surface area contributed by atoms with Crippen LogP contribution in [0.4, 0.5) is 17.6 Å². The maximum absolute atomic E-state index is 5.60. The molecule has 3 atom stereocenters. The van der Waals surface area contributed by atoms with E-state index in [-0.39, 0.29) is 6.04 Å². The molecule has 0 unspecified atom stereocenters. The number of aromatic nitrogens is 2. The number of hydrogen-bond donors (Lipinski definition) is 2. The molecule has 2 aliphatic heterocycles. The molecule has 0 radical (unpaired) electrons. The van der Waals surface area contributed by atoms with Crippen molar-refractivity contribution in [3.63, 3.8) is 0 Å². The van der Waals surface area contributed by atoms with E-state index in [1.165, 1.54) is 24.8 Å². The van der Waals surface area contributed by atoms with Gasteiger partial charge in [0.2, 0.25) is 5.95 Å². The summed E-state index contributed by atoms with van der Waals surface area (Å²) in [6.45, 7) is 10.9. The summed E-state index contributed by atoms with van der Waals surface area (Å²) in [6.07, 6.45) is 3.71. The van der Waals surface area contributed by atoms with E-state index in [0.717, 1.165) is 37.8 Å². The van der Waals surface area contributed by atoms with E-state index < -0.39 is 0 Å². The number of thiocarbonyl (C=S) groups is 1. The van der Waals surface area contributed by atoms with Crippen LogP contribution in [0.25, 0.3) is 0 Å². The van der Waals surface area contributed by atoms with E-state index in [1.807, 2.05) is 18.2 Å². The molecule has 1 aromatic carbocycles. The molecule has 1 aromatic heterocycles. The lowest BCUT2D eigenvalue weighted by Crippen LogP contribution is -2.39. The van der Waals surface area contributed by atoms with E-state index in [4.69, 9.17) is 22.2 Å². The van der Waals surface area contributed by atoms with Gasteiger partial charge in [-0.1, -0.05) is 44.2 Å². The Hall–Kier alpha value is -2.41. The molecule has 0 bridgehead atoms. The molecule has 0 amide bonds. The second-order valence-corrected chi connectivity index (χ2v) is 9.59. The molecule has 3 heterocycles. The van der Waals surface area contributed by atoms with Gasteiger partial charge in [0.1, 0.15) is 11.6 Å². The van der Waals surface area contributed by atoms with Crippen LogP contribution < -0.4 is 20.4 Å². The second kappa shape index (κ2) is 9.81. The SMILES string of the molecule is C[C@@H]1C[C@H](C)CN(c2cc(N3CCCC3)nc(NC(=S)N[C@@H](C)c3ccccc3)n2)C1. The lowest BCUT2D eigenvalue weighted by molar-refractivity contribution is 0.355. The summed E-state index contributed by atoms with van der Waals surface area (Å²) in [5, 5.41) is 7.16. The summed E-state index contributed by atoms with van der Waals surface area (Å²) in [4.78, 5) is 14.5. The monoisotopic (exact) mass is 438 g/mol. The maximum Gasteiger partial charge on any atom is 0.232 e. The fourth-order valence-electron chi connectivity index (χ4n) is 4.76. The highest BCUT2D eigenvalue weighted by Gasteiger charge is 2.25. The summed E-state index contributed by atoms with van der Waals surface area (Å²) in [6, 6.07) is 12.6. The average Bonchev–Trinajstić information content (AvgIpc) is 3.28. The molecule has 7 heteroatoms. The first-order valence-electron chi connectivity index (χ1n) is 11.5. The van der Waals surface area contributed by atoms with Gasteiger partial charge in [0.05, 0.1) is 6.04 Å². The van der Waals surface area contributed by atoms with Crippen LogP contribution >= 0.6 is 12.2 Å². The molecular formula is C24H34N6S. The van der Waals surface area contributed by atoms with Crippen molar-refractivity contribution in [1.29, 1.82) is 0 Å². The predicted octanol–water partition coefficient (Wildman–Crippen LogP) is 4.61. The Morgan fingerprint density at radius 1 is 1.00 bits per heavy atom. The van der Waals surface area contributed by atoms with Crippen LogP contribution in [-0.2, 0) is 0 Å². The third-order valence-electron chi connectivity index (χ3n) is 6.19. The normalized spacial score (nSPS) is 22.3. The molecule has 166 valence electrons. The molecule has 2 N–H and O–H groups in total. The van der Waals surface area contributed by atoms with Gasteiger partial charge in [-0.25, -0.2) is 0 Å². The number of nitrogens with zero attached hydrogens (tertiary/aromatic N) is 4. The fourth-order valence-corrected chi connectivity index (χ4v) is 5.03. The van der Waals surface area contributed by atoms with E-state index in [0.29, 0.717) is 22.9 Å². The third kappa shape index (κ3) is 5.64. The Labute approximate surface area is 191 Å². The third-order valence-corrected chi connectivity index (χ3v) is 6.41. The second-order valence-electron chi connectivity index (χ2n) is 9.18. The van der Waals surface area contributed by atoms with E-state index in [1.54, 1.807) is 0 Å². The minimum Gasteiger partial charge on any atom is -0.356 e. The zero-order valence-corrected chi connectivity index (χ0v) is 19.7. The zero-order valence-electron chi connectivity index (χ0n) is 18.8. The first kappa shape index (κ1) is 21.8. The molecule has 2 aromatic rings. The minimum atomic E-state index is 0.103. The lowest BCUT2D eigenvalue weighted by Gasteiger charge is -2.36. The van der Waals surface area contributed by atoms with E-state index in [2.05, 4.69) is 59.4 Å². The summed E-state index contributed by atoms with van der Waals surface area (Å²) in [5.74, 6) is 3.90. The van der Waals surface area contributed by atoms with Crippen molar-refractivity contribution in [2.24, 2.45) is 11.8 Å². The van der Waals surface area contributed by atoms with Gasteiger partial charge >= 0.3 is 0 Å². The maximum atomic E-state index is 5.60. The highest BCUT2D eigenvalue weighted by Crippen LogP contribution is 2.29. The molecule has 0 spiro atoms. The summed E-state index contributed by atoms with van der Waals surface area (Å²) in [5.41, 5.74) is 1.19. The van der Waals surface area contributed by atoms with Crippen molar-refractivity contribution in [3.8, 4) is 0 Å². The van der Waals surface area contributed by atoms with Gasteiger partial charge in [-0.05, 0) is 55.8 Å². The van der Waals surface area contributed by atoms with E-state index in [9.17, 15) is 0 Å². The molecular weight excluding hydrogens is 404 g/mol. The van der Waals surface area contributed by atoms with Crippen molar-refractivity contribution in [2.45, 2.75) is 46.1 Å². The Kier molecular flexibility index (Phi) is 6.90. The number of hydrogen-bond acceptors (Lipinski definition) is 5. The van der Waals surface area contributed by atoms with Crippen LogP contribution in [0.1, 0.15) is 51.6 Å².